The molecule has 2 aliphatic rings. The highest BCUT2D eigenvalue weighted by molar-refractivity contribution is 5.20. The average molecular weight is 234 g/mol. The van der Waals surface area contributed by atoms with Crippen molar-refractivity contribution < 1.29 is 4.74 Å². The minimum Gasteiger partial charge on any atom is -0.379 e. The first-order chi connectivity index (χ1) is 8.42. The second-order valence-corrected chi connectivity index (χ2v) is 4.57. The van der Waals surface area contributed by atoms with Gasteiger partial charge in [-0.3, -0.25) is 4.90 Å². The molecule has 0 atom stereocenters. The Hall–Kier alpha value is -1.04. The summed E-state index contributed by atoms with van der Waals surface area (Å²) in [5.41, 5.74) is 2.48. The maximum absolute atomic E-state index is 5.34. The van der Waals surface area contributed by atoms with E-state index < -0.39 is 0 Å². The van der Waals surface area contributed by atoms with Gasteiger partial charge < -0.3 is 10.1 Å². The fourth-order valence-electron chi connectivity index (χ4n) is 2.31. The Morgan fingerprint density at radius 1 is 1.35 bits per heavy atom. The molecule has 17 heavy (non-hydrogen) atoms. The monoisotopic (exact) mass is 234 g/mol. The van der Waals surface area contributed by atoms with Gasteiger partial charge in [-0.15, -0.1) is 0 Å². The van der Waals surface area contributed by atoms with Crippen molar-refractivity contribution >= 4 is 0 Å². The molecule has 0 spiro atoms. The summed E-state index contributed by atoms with van der Waals surface area (Å²) >= 11 is 0. The van der Waals surface area contributed by atoms with E-state index in [0.717, 1.165) is 58.2 Å². The van der Waals surface area contributed by atoms with Crippen molar-refractivity contribution in [2.45, 2.75) is 19.5 Å². The zero-order valence-corrected chi connectivity index (χ0v) is 9.98. The molecule has 0 amide bonds. The van der Waals surface area contributed by atoms with Crippen LogP contribution in [0.1, 0.15) is 17.1 Å². The zero-order valence-electron chi connectivity index (χ0n) is 9.98. The van der Waals surface area contributed by atoms with Gasteiger partial charge >= 0.3 is 0 Å². The third kappa shape index (κ3) is 2.62. The molecule has 1 aromatic rings. The Kier molecular flexibility index (Phi) is 3.31. The van der Waals surface area contributed by atoms with Crippen molar-refractivity contribution in [1.82, 2.24) is 20.2 Å². The van der Waals surface area contributed by atoms with E-state index in [0.29, 0.717) is 0 Å². The summed E-state index contributed by atoms with van der Waals surface area (Å²) in [5.74, 6) is 0.951. The van der Waals surface area contributed by atoms with E-state index in [9.17, 15) is 0 Å². The molecule has 3 rings (SSSR count). The molecular weight excluding hydrogens is 216 g/mol. The third-order valence-electron chi connectivity index (χ3n) is 3.33. The van der Waals surface area contributed by atoms with Gasteiger partial charge in [0.15, 0.2) is 0 Å². The SMILES string of the molecule is c1nc(CN2CCOCC2)nc2c1CNCC2. The van der Waals surface area contributed by atoms with Crippen LogP contribution in [-0.4, -0.2) is 47.7 Å². The quantitative estimate of drug-likeness (QED) is 0.778. The van der Waals surface area contributed by atoms with E-state index in [4.69, 9.17) is 4.74 Å². The summed E-state index contributed by atoms with van der Waals surface area (Å²) in [7, 11) is 0. The largest absolute Gasteiger partial charge is 0.379 e. The van der Waals surface area contributed by atoms with Gasteiger partial charge in [0.2, 0.25) is 0 Å². The van der Waals surface area contributed by atoms with Gasteiger partial charge in [-0.25, -0.2) is 9.97 Å². The molecule has 1 aromatic heterocycles. The van der Waals surface area contributed by atoms with Gasteiger partial charge in [0, 0.05) is 50.1 Å². The van der Waals surface area contributed by atoms with Gasteiger partial charge in [-0.1, -0.05) is 0 Å². The molecule has 1 fully saturated rings. The first kappa shape index (κ1) is 11.1. The van der Waals surface area contributed by atoms with Crippen molar-refractivity contribution in [2.75, 3.05) is 32.8 Å². The highest BCUT2D eigenvalue weighted by Crippen LogP contribution is 2.11. The number of ether oxygens (including phenoxy) is 1. The van der Waals surface area contributed by atoms with Crippen LogP contribution >= 0.6 is 0 Å². The molecule has 0 aromatic carbocycles. The molecular formula is C12H18N4O. The zero-order chi connectivity index (χ0) is 11.5. The van der Waals surface area contributed by atoms with E-state index in [1.165, 1.54) is 11.3 Å². The normalized spacial score (nSPS) is 21.2. The Morgan fingerprint density at radius 2 is 2.24 bits per heavy atom. The number of hydrogen-bond donors (Lipinski definition) is 1. The number of aromatic nitrogens is 2. The molecule has 2 aliphatic heterocycles. The molecule has 3 heterocycles. The van der Waals surface area contributed by atoms with Crippen LogP contribution in [0.4, 0.5) is 0 Å². The summed E-state index contributed by atoms with van der Waals surface area (Å²) in [6, 6.07) is 0. The molecule has 0 saturated carbocycles. The number of nitrogens with zero attached hydrogens (tertiary/aromatic N) is 3. The fraction of sp³-hybridized carbons (Fsp3) is 0.667. The first-order valence-corrected chi connectivity index (χ1v) is 6.26. The van der Waals surface area contributed by atoms with Gasteiger partial charge in [-0.05, 0) is 0 Å². The molecule has 0 bridgehead atoms. The lowest BCUT2D eigenvalue weighted by Gasteiger charge is -2.26. The number of hydrogen-bond acceptors (Lipinski definition) is 5. The topological polar surface area (TPSA) is 50.3 Å². The number of nitrogens with one attached hydrogen (secondary N) is 1. The molecule has 1 saturated heterocycles. The maximum atomic E-state index is 5.34. The van der Waals surface area contributed by atoms with Crippen LogP contribution in [-0.2, 0) is 24.2 Å². The van der Waals surface area contributed by atoms with Crippen LogP contribution in [0.5, 0.6) is 0 Å². The lowest BCUT2D eigenvalue weighted by molar-refractivity contribution is 0.0330. The lowest BCUT2D eigenvalue weighted by Crippen LogP contribution is -2.36. The van der Waals surface area contributed by atoms with E-state index in [1.807, 2.05) is 6.20 Å². The molecule has 1 N–H and O–H groups in total. The van der Waals surface area contributed by atoms with Crippen LogP contribution in [0.25, 0.3) is 0 Å². The predicted octanol–water partition coefficient (Wildman–Crippen LogP) is -0.0455. The second-order valence-electron chi connectivity index (χ2n) is 4.57. The first-order valence-electron chi connectivity index (χ1n) is 6.26. The van der Waals surface area contributed by atoms with Crippen LogP contribution < -0.4 is 5.32 Å². The Labute approximate surface area is 101 Å². The van der Waals surface area contributed by atoms with Gasteiger partial charge in [0.05, 0.1) is 19.8 Å². The number of morpholine rings is 1. The van der Waals surface area contributed by atoms with Crippen LogP contribution in [0.15, 0.2) is 6.20 Å². The van der Waals surface area contributed by atoms with E-state index >= 15 is 0 Å². The van der Waals surface area contributed by atoms with Crippen LogP contribution in [0.2, 0.25) is 0 Å². The smallest absolute Gasteiger partial charge is 0.142 e. The minimum atomic E-state index is 0.828. The summed E-state index contributed by atoms with van der Waals surface area (Å²) in [6.07, 6.45) is 3.00. The number of fused-ring (bicyclic) bond motifs is 1. The fourth-order valence-corrected chi connectivity index (χ4v) is 2.31. The minimum absolute atomic E-state index is 0.828. The van der Waals surface area contributed by atoms with Crippen molar-refractivity contribution in [3.05, 3.63) is 23.3 Å². The molecule has 0 unspecified atom stereocenters. The van der Waals surface area contributed by atoms with Gasteiger partial charge in [0.25, 0.3) is 0 Å². The summed E-state index contributed by atoms with van der Waals surface area (Å²) in [6.45, 7) is 6.42. The van der Waals surface area contributed by atoms with E-state index in [1.54, 1.807) is 0 Å². The Bertz CT molecular complexity index is 390. The number of rotatable bonds is 2. The van der Waals surface area contributed by atoms with Crippen molar-refractivity contribution in [3.63, 3.8) is 0 Å². The standard InChI is InChI=1S/C12H18N4O/c1-2-13-7-10-8-14-12(15-11(1)10)9-16-3-5-17-6-4-16/h8,13H,1-7,9H2. The lowest BCUT2D eigenvalue weighted by atomic mass is 10.1. The summed E-state index contributed by atoms with van der Waals surface area (Å²) < 4.78 is 5.34. The van der Waals surface area contributed by atoms with Crippen molar-refractivity contribution in [2.24, 2.45) is 0 Å². The van der Waals surface area contributed by atoms with Crippen molar-refractivity contribution in [3.8, 4) is 0 Å². The second kappa shape index (κ2) is 5.08. The highest BCUT2D eigenvalue weighted by Gasteiger charge is 2.15. The summed E-state index contributed by atoms with van der Waals surface area (Å²) in [4.78, 5) is 11.5. The van der Waals surface area contributed by atoms with Crippen LogP contribution in [0.3, 0.4) is 0 Å². The Morgan fingerprint density at radius 3 is 3.12 bits per heavy atom. The molecule has 0 radical (unpaired) electrons. The van der Waals surface area contributed by atoms with E-state index in [2.05, 4.69) is 20.2 Å². The van der Waals surface area contributed by atoms with Crippen LogP contribution in [0, 0.1) is 0 Å². The molecule has 5 nitrogen and oxygen atoms in total. The van der Waals surface area contributed by atoms with Crippen molar-refractivity contribution in [1.29, 1.82) is 0 Å². The average Bonchev–Trinajstić information content (AvgIpc) is 2.40. The Balaban J connectivity index is 1.70. The predicted molar refractivity (Wildman–Crippen MR) is 63.5 cm³/mol. The van der Waals surface area contributed by atoms with Gasteiger partial charge in [-0.2, -0.15) is 0 Å². The highest BCUT2D eigenvalue weighted by atomic mass is 16.5. The molecule has 0 aliphatic carbocycles. The molecule has 5 heteroatoms. The molecule has 92 valence electrons. The van der Waals surface area contributed by atoms with E-state index in [-0.39, 0.29) is 0 Å². The maximum Gasteiger partial charge on any atom is 0.142 e. The summed E-state index contributed by atoms with van der Waals surface area (Å²) in [5, 5.41) is 3.33. The third-order valence-corrected chi connectivity index (χ3v) is 3.33. The van der Waals surface area contributed by atoms with Gasteiger partial charge in [0.1, 0.15) is 5.82 Å².